The first kappa shape index (κ1) is 22.3. The summed E-state index contributed by atoms with van der Waals surface area (Å²) in [5.74, 6) is -5.44. The van der Waals surface area contributed by atoms with E-state index in [9.17, 15) is 22.4 Å². The molecule has 0 aliphatic rings. The van der Waals surface area contributed by atoms with Crippen molar-refractivity contribution in [2.24, 2.45) is 4.99 Å². The van der Waals surface area contributed by atoms with Crippen molar-refractivity contribution in [3.8, 4) is 11.1 Å². The van der Waals surface area contributed by atoms with Crippen LogP contribution in [0.5, 0.6) is 0 Å². The Labute approximate surface area is 167 Å². The SMILES string of the molecule is CC=N/C(=C\C)C(=O)N(Cc1ccc(F)c(-c2cc(F)c(F)c(F)c2)c1)C(C)C. The lowest BCUT2D eigenvalue weighted by atomic mass is 10.0. The molecule has 0 spiro atoms. The van der Waals surface area contributed by atoms with Crippen molar-refractivity contribution in [3.05, 3.63) is 70.9 Å². The van der Waals surface area contributed by atoms with Gasteiger partial charge in [-0.2, -0.15) is 0 Å². The van der Waals surface area contributed by atoms with E-state index in [1.54, 1.807) is 24.8 Å². The number of nitrogens with zero attached hydrogens (tertiary/aromatic N) is 2. The molecule has 0 heterocycles. The van der Waals surface area contributed by atoms with E-state index >= 15 is 0 Å². The van der Waals surface area contributed by atoms with Crippen LogP contribution in [0.1, 0.15) is 33.3 Å². The highest BCUT2D eigenvalue weighted by atomic mass is 19.2. The zero-order chi connectivity index (χ0) is 21.7. The van der Waals surface area contributed by atoms with Gasteiger partial charge in [-0.15, -0.1) is 0 Å². The van der Waals surface area contributed by atoms with Gasteiger partial charge in [-0.25, -0.2) is 17.6 Å². The summed E-state index contributed by atoms with van der Waals surface area (Å²) in [6.45, 7) is 7.19. The van der Waals surface area contributed by atoms with E-state index in [0.29, 0.717) is 5.56 Å². The zero-order valence-corrected chi connectivity index (χ0v) is 16.6. The first-order chi connectivity index (χ1) is 13.7. The lowest BCUT2D eigenvalue weighted by molar-refractivity contribution is -0.129. The van der Waals surface area contributed by atoms with E-state index in [1.807, 2.05) is 13.8 Å². The molecule has 0 fully saturated rings. The van der Waals surface area contributed by atoms with Crippen LogP contribution in [0, 0.1) is 23.3 Å². The van der Waals surface area contributed by atoms with Gasteiger partial charge in [0.2, 0.25) is 0 Å². The maximum Gasteiger partial charge on any atom is 0.272 e. The molecule has 0 atom stereocenters. The van der Waals surface area contributed by atoms with E-state index in [4.69, 9.17) is 0 Å². The molecule has 0 bridgehead atoms. The first-order valence-corrected chi connectivity index (χ1v) is 9.08. The molecule has 3 nitrogen and oxygen atoms in total. The molecule has 0 aliphatic heterocycles. The third-order valence-corrected chi connectivity index (χ3v) is 4.32. The summed E-state index contributed by atoms with van der Waals surface area (Å²) in [5, 5.41) is 0. The van der Waals surface area contributed by atoms with Crippen molar-refractivity contribution >= 4 is 12.1 Å². The van der Waals surface area contributed by atoms with E-state index in [1.165, 1.54) is 18.3 Å². The summed E-state index contributed by atoms with van der Waals surface area (Å²) in [5.41, 5.74) is 0.595. The minimum Gasteiger partial charge on any atom is -0.331 e. The third-order valence-electron chi connectivity index (χ3n) is 4.32. The number of hydrogen-bond acceptors (Lipinski definition) is 2. The van der Waals surface area contributed by atoms with Crippen LogP contribution < -0.4 is 0 Å². The van der Waals surface area contributed by atoms with Crippen LogP contribution in [0.4, 0.5) is 17.6 Å². The van der Waals surface area contributed by atoms with Crippen molar-refractivity contribution in [2.45, 2.75) is 40.3 Å². The third kappa shape index (κ3) is 5.10. The number of hydrogen-bond donors (Lipinski definition) is 0. The van der Waals surface area contributed by atoms with Crippen molar-refractivity contribution in [2.75, 3.05) is 0 Å². The molecule has 2 aromatic rings. The Hall–Kier alpha value is -2.96. The summed E-state index contributed by atoms with van der Waals surface area (Å²) in [4.78, 5) is 18.4. The van der Waals surface area contributed by atoms with Gasteiger partial charge < -0.3 is 4.90 Å². The van der Waals surface area contributed by atoms with Crippen LogP contribution in [0.2, 0.25) is 0 Å². The predicted octanol–water partition coefficient (Wildman–Crippen LogP) is 5.64. The van der Waals surface area contributed by atoms with Crippen molar-refractivity contribution in [3.63, 3.8) is 0 Å². The molecule has 0 radical (unpaired) electrons. The summed E-state index contributed by atoms with van der Waals surface area (Å²) in [6.07, 6.45) is 3.11. The number of halogens is 4. The van der Waals surface area contributed by atoms with E-state index in [0.717, 1.165) is 18.2 Å². The Bertz CT molecular complexity index is 944. The molecule has 29 heavy (non-hydrogen) atoms. The Morgan fingerprint density at radius 1 is 1.03 bits per heavy atom. The molecule has 0 aliphatic carbocycles. The second kappa shape index (κ2) is 9.49. The van der Waals surface area contributed by atoms with Gasteiger partial charge in [0, 0.05) is 24.4 Å². The maximum atomic E-state index is 14.3. The summed E-state index contributed by atoms with van der Waals surface area (Å²) >= 11 is 0. The number of carbonyl (C=O) groups is 1. The lowest BCUT2D eigenvalue weighted by Gasteiger charge is -2.27. The highest BCUT2D eigenvalue weighted by Gasteiger charge is 2.21. The number of amides is 1. The largest absolute Gasteiger partial charge is 0.331 e. The van der Waals surface area contributed by atoms with Gasteiger partial charge in [0.15, 0.2) is 17.5 Å². The second-order valence-corrected chi connectivity index (χ2v) is 6.66. The summed E-state index contributed by atoms with van der Waals surface area (Å²) in [7, 11) is 0. The minimum atomic E-state index is -1.61. The normalized spacial score (nSPS) is 12.1. The highest BCUT2D eigenvalue weighted by Crippen LogP contribution is 2.28. The Morgan fingerprint density at radius 2 is 1.66 bits per heavy atom. The number of aliphatic imine (C=N–C) groups is 1. The molecular formula is C22H22F4N2O. The van der Waals surface area contributed by atoms with Gasteiger partial charge >= 0.3 is 0 Å². The topological polar surface area (TPSA) is 32.7 Å². The van der Waals surface area contributed by atoms with Gasteiger partial charge in [-0.3, -0.25) is 9.79 Å². The molecule has 0 saturated carbocycles. The minimum absolute atomic E-state index is 0.0886. The quantitative estimate of drug-likeness (QED) is 0.264. The molecule has 7 heteroatoms. The van der Waals surface area contributed by atoms with Gasteiger partial charge in [-0.1, -0.05) is 12.1 Å². The Kier molecular flexibility index (Phi) is 7.31. The number of benzene rings is 2. The number of carbonyl (C=O) groups excluding carboxylic acids is 1. The van der Waals surface area contributed by atoms with E-state index in [2.05, 4.69) is 4.99 Å². The monoisotopic (exact) mass is 406 g/mol. The van der Waals surface area contributed by atoms with Crippen LogP contribution in [0.3, 0.4) is 0 Å². The lowest BCUT2D eigenvalue weighted by Crippen LogP contribution is -2.37. The molecule has 0 saturated heterocycles. The van der Waals surface area contributed by atoms with Crippen molar-refractivity contribution in [1.29, 1.82) is 0 Å². The Balaban J connectivity index is 2.43. The molecule has 0 unspecified atom stereocenters. The number of rotatable bonds is 6. The summed E-state index contributed by atoms with van der Waals surface area (Å²) in [6, 6.07) is 5.31. The molecule has 154 valence electrons. The average Bonchev–Trinajstić information content (AvgIpc) is 2.68. The van der Waals surface area contributed by atoms with E-state index < -0.39 is 23.3 Å². The van der Waals surface area contributed by atoms with Gasteiger partial charge in [-0.05, 0) is 63.1 Å². The van der Waals surface area contributed by atoms with Crippen LogP contribution in [-0.2, 0) is 11.3 Å². The van der Waals surface area contributed by atoms with Crippen LogP contribution in [-0.4, -0.2) is 23.1 Å². The van der Waals surface area contributed by atoms with Crippen LogP contribution in [0.15, 0.2) is 47.1 Å². The average molecular weight is 406 g/mol. The second-order valence-electron chi connectivity index (χ2n) is 6.66. The van der Waals surface area contributed by atoms with Crippen molar-refractivity contribution < 1.29 is 22.4 Å². The molecular weight excluding hydrogens is 384 g/mol. The molecule has 0 N–H and O–H groups in total. The molecule has 2 aromatic carbocycles. The van der Waals surface area contributed by atoms with Gasteiger partial charge in [0.25, 0.3) is 5.91 Å². The highest BCUT2D eigenvalue weighted by molar-refractivity contribution is 5.94. The van der Waals surface area contributed by atoms with Crippen molar-refractivity contribution in [1.82, 2.24) is 4.90 Å². The fraction of sp³-hybridized carbons (Fsp3) is 0.273. The first-order valence-electron chi connectivity index (χ1n) is 9.08. The van der Waals surface area contributed by atoms with Gasteiger partial charge in [0.1, 0.15) is 11.5 Å². The summed E-state index contributed by atoms with van der Waals surface area (Å²) < 4.78 is 54.7. The fourth-order valence-corrected chi connectivity index (χ4v) is 2.83. The Morgan fingerprint density at radius 3 is 2.17 bits per heavy atom. The van der Waals surface area contributed by atoms with Gasteiger partial charge in [0.05, 0.1) is 0 Å². The zero-order valence-electron chi connectivity index (χ0n) is 16.6. The smallest absolute Gasteiger partial charge is 0.272 e. The maximum absolute atomic E-state index is 14.3. The van der Waals surface area contributed by atoms with E-state index in [-0.39, 0.29) is 35.3 Å². The predicted molar refractivity (Wildman–Crippen MR) is 105 cm³/mol. The molecule has 0 aromatic heterocycles. The van der Waals surface area contributed by atoms with Crippen LogP contribution in [0.25, 0.3) is 11.1 Å². The fourth-order valence-electron chi connectivity index (χ4n) is 2.83. The molecule has 1 amide bonds. The number of allylic oxidation sites excluding steroid dienone is 1. The molecule has 2 rings (SSSR count). The standard InChI is InChI=1S/C22H22F4N2O/c1-5-20(27-6-2)22(29)28(13(3)4)12-14-7-8-17(23)16(9-14)15-10-18(24)21(26)19(25)11-15/h5-11,13H,12H2,1-4H3/b20-5-,27-6?. The van der Waals surface area contributed by atoms with Crippen LogP contribution >= 0.6 is 0 Å².